The van der Waals surface area contributed by atoms with Gasteiger partial charge in [0.15, 0.2) is 11.5 Å². The molecule has 0 aliphatic carbocycles. The van der Waals surface area contributed by atoms with Gasteiger partial charge in [-0.05, 0) is 65.6 Å². The zero-order valence-corrected chi connectivity index (χ0v) is 18.5. The largest absolute Gasteiger partial charge is 0.497 e. The lowest BCUT2D eigenvalue weighted by Crippen LogP contribution is -2.40. The molecule has 1 atom stereocenters. The first-order valence-electron chi connectivity index (χ1n) is 10.0. The van der Waals surface area contributed by atoms with Crippen LogP contribution in [-0.2, 0) is 6.42 Å². The van der Waals surface area contributed by atoms with Crippen LogP contribution in [-0.4, -0.2) is 38.7 Å². The van der Waals surface area contributed by atoms with Crippen molar-refractivity contribution < 1.29 is 19.0 Å². The van der Waals surface area contributed by atoms with Crippen LogP contribution in [0.4, 0.5) is 0 Å². The fraction of sp³-hybridized carbons (Fsp3) is 0.240. The summed E-state index contributed by atoms with van der Waals surface area (Å²) in [6.45, 7) is 0.559. The van der Waals surface area contributed by atoms with Gasteiger partial charge < -0.3 is 19.1 Å². The maximum absolute atomic E-state index is 13.6. The summed E-state index contributed by atoms with van der Waals surface area (Å²) in [7, 11) is 4.84. The number of amides is 1. The topological polar surface area (TPSA) is 48.0 Å². The summed E-state index contributed by atoms with van der Waals surface area (Å²) >= 11 is 6.60. The van der Waals surface area contributed by atoms with Crippen LogP contribution < -0.4 is 14.2 Å². The van der Waals surface area contributed by atoms with Crippen LogP contribution in [0.1, 0.15) is 33.1 Å². The number of hydrogen-bond acceptors (Lipinski definition) is 4. The standard InChI is InChI=1S/C25H24ClNO4/c1-29-18-10-8-16(9-11-18)25(28)27-13-12-17-14-22(30-2)23(31-3)15-20(17)24(27)19-6-4-5-7-21(19)26/h4-11,14-15,24H,12-13H2,1-3H3/t24-/m0/s1. The third kappa shape index (κ3) is 3.93. The quantitative estimate of drug-likeness (QED) is 0.553. The number of carbonyl (C=O) groups excluding carboxylic acids is 1. The van der Waals surface area contributed by atoms with Crippen molar-refractivity contribution in [3.8, 4) is 17.2 Å². The van der Waals surface area contributed by atoms with Gasteiger partial charge in [0.25, 0.3) is 5.91 Å². The Morgan fingerprint density at radius 1 is 0.903 bits per heavy atom. The maximum Gasteiger partial charge on any atom is 0.254 e. The molecule has 6 heteroatoms. The van der Waals surface area contributed by atoms with E-state index in [4.69, 9.17) is 25.8 Å². The van der Waals surface area contributed by atoms with Crippen LogP contribution >= 0.6 is 11.6 Å². The highest BCUT2D eigenvalue weighted by Gasteiger charge is 2.34. The first kappa shape index (κ1) is 21.1. The van der Waals surface area contributed by atoms with E-state index in [1.807, 2.05) is 41.3 Å². The van der Waals surface area contributed by atoms with E-state index in [1.165, 1.54) is 0 Å². The molecule has 31 heavy (non-hydrogen) atoms. The molecule has 1 amide bonds. The van der Waals surface area contributed by atoms with Gasteiger partial charge in [-0.15, -0.1) is 0 Å². The minimum atomic E-state index is -0.341. The molecule has 0 N–H and O–H groups in total. The van der Waals surface area contributed by atoms with Crippen molar-refractivity contribution in [2.24, 2.45) is 0 Å². The lowest BCUT2D eigenvalue weighted by atomic mass is 9.87. The second-order valence-corrected chi connectivity index (χ2v) is 7.71. The molecule has 0 saturated carbocycles. The van der Waals surface area contributed by atoms with E-state index in [0.717, 1.165) is 16.7 Å². The fourth-order valence-electron chi connectivity index (χ4n) is 4.10. The first-order chi connectivity index (χ1) is 15.1. The highest BCUT2D eigenvalue weighted by molar-refractivity contribution is 6.31. The molecule has 0 unspecified atom stereocenters. The molecule has 0 fully saturated rings. The van der Waals surface area contributed by atoms with Crippen LogP contribution in [0.2, 0.25) is 5.02 Å². The monoisotopic (exact) mass is 437 g/mol. The summed E-state index contributed by atoms with van der Waals surface area (Å²) in [5, 5.41) is 0.614. The van der Waals surface area contributed by atoms with Crippen molar-refractivity contribution in [1.29, 1.82) is 0 Å². The smallest absolute Gasteiger partial charge is 0.254 e. The summed E-state index contributed by atoms with van der Waals surface area (Å²) in [5.41, 5.74) is 3.57. The number of ether oxygens (including phenoxy) is 3. The van der Waals surface area contributed by atoms with E-state index >= 15 is 0 Å². The molecule has 0 spiro atoms. The van der Waals surface area contributed by atoms with Crippen molar-refractivity contribution in [2.75, 3.05) is 27.9 Å². The van der Waals surface area contributed by atoms with Crippen molar-refractivity contribution >= 4 is 17.5 Å². The fourth-order valence-corrected chi connectivity index (χ4v) is 4.34. The zero-order chi connectivity index (χ0) is 22.0. The molecule has 1 heterocycles. The number of nitrogens with zero attached hydrogens (tertiary/aromatic N) is 1. The minimum Gasteiger partial charge on any atom is -0.497 e. The van der Waals surface area contributed by atoms with E-state index in [0.29, 0.717) is 40.8 Å². The van der Waals surface area contributed by atoms with E-state index < -0.39 is 0 Å². The summed E-state index contributed by atoms with van der Waals surface area (Å²) < 4.78 is 16.3. The van der Waals surface area contributed by atoms with Gasteiger partial charge in [0.2, 0.25) is 0 Å². The zero-order valence-electron chi connectivity index (χ0n) is 17.7. The SMILES string of the molecule is COc1ccc(C(=O)N2CCc3cc(OC)c(OC)cc3[C@@H]2c2ccccc2Cl)cc1. The third-order valence-electron chi connectivity index (χ3n) is 5.67. The predicted octanol–water partition coefficient (Wildman–Crippen LogP) is 5.15. The number of carbonyl (C=O) groups is 1. The van der Waals surface area contributed by atoms with Gasteiger partial charge in [-0.1, -0.05) is 29.8 Å². The van der Waals surface area contributed by atoms with Gasteiger partial charge in [0.05, 0.1) is 27.4 Å². The van der Waals surface area contributed by atoms with Crippen LogP contribution in [0, 0.1) is 0 Å². The summed E-state index contributed by atoms with van der Waals surface area (Å²) in [5.74, 6) is 1.94. The number of rotatable bonds is 5. The van der Waals surface area contributed by atoms with Gasteiger partial charge >= 0.3 is 0 Å². The Bertz CT molecular complexity index is 1100. The van der Waals surface area contributed by atoms with E-state index in [1.54, 1.807) is 45.6 Å². The third-order valence-corrected chi connectivity index (χ3v) is 6.02. The van der Waals surface area contributed by atoms with Crippen LogP contribution in [0.15, 0.2) is 60.7 Å². The van der Waals surface area contributed by atoms with Crippen molar-refractivity contribution in [3.63, 3.8) is 0 Å². The molecular weight excluding hydrogens is 414 g/mol. The average molecular weight is 438 g/mol. The van der Waals surface area contributed by atoms with Crippen LogP contribution in [0.5, 0.6) is 17.2 Å². The number of fused-ring (bicyclic) bond motifs is 1. The molecule has 1 aliphatic heterocycles. The van der Waals surface area contributed by atoms with Gasteiger partial charge in [0.1, 0.15) is 5.75 Å². The minimum absolute atomic E-state index is 0.0620. The van der Waals surface area contributed by atoms with E-state index in [9.17, 15) is 4.79 Å². The number of halogens is 1. The van der Waals surface area contributed by atoms with Crippen molar-refractivity contribution in [2.45, 2.75) is 12.5 Å². The van der Waals surface area contributed by atoms with Gasteiger partial charge in [0, 0.05) is 17.1 Å². The Hall–Kier alpha value is -3.18. The van der Waals surface area contributed by atoms with Gasteiger partial charge in [-0.25, -0.2) is 0 Å². The Morgan fingerprint density at radius 2 is 1.58 bits per heavy atom. The highest BCUT2D eigenvalue weighted by Crippen LogP contribution is 2.43. The van der Waals surface area contributed by atoms with Crippen LogP contribution in [0.3, 0.4) is 0 Å². The second-order valence-electron chi connectivity index (χ2n) is 7.31. The molecule has 4 rings (SSSR count). The molecule has 160 valence electrons. The molecule has 0 saturated heterocycles. The molecule has 1 aliphatic rings. The van der Waals surface area contributed by atoms with E-state index in [-0.39, 0.29) is 11.9 Å². The molecule has 3 aromatic rings. The normalized spacial score (nSPS) is 15.2. The molecular formula is C25H24ClNO4. The number of benzene rings is 3. The highest BCUT2D eigenvalue weighted by atomic mass is 35.5. The molecule has 0 bridgehead atoms. The Balaban J connectivity index is 1.84. The summed E-state index contributed by atoms with van der Waals surface area (Å²) in [4.78, 5) is 15.4. The lowest BCUT2D eigenvalue weighted by molar-refractivity contribution is 0.0694. The summed E-state index contributed by atoms with van der Waals surface area (Å²) in [6.07, 6.45) is 0.707. The van der Waals surface area contributed by atoms with Crippen LogP contribution in [0.25, 0.3) is 0 Å². The van der Waals surface area contributed by atoms with Gasteiger partial charge in [-0.3, -0.25) is 4.79 Å². The average Bonchev–Trinajstić information content (AvgIpc) is 2.82. The molecule has 0 radical (unpaired) electrons. The first-order valence-corrected chi connectivity index (χ1v) is 10.4. The predicted molar refractivity (Wildman–Crippen MR) is 121 cm³/mol. The Labute approximate surface area is 187 Å². The van der Waals surface area contributed by atoms with E-state index in [2.05, 4.69) is 0 Å². The molecule has 5 nitrogen and oxygen atoms in total. The maximum atomic E-state index is 13.6. The summed E-state index contributed by atoms with van der Waals surface area (Å²) in [6, 6.07) is 18.4. The van der Waals surface area contributed by atoms with Crippen molar-refractivity contribution in [1.82, 2.24) is 4.90 Å². The van der Waals surface area contributed by atoms with Crippen molar-refractivity contribution in [3.05, 3.63) is 87.9 Å². The molecule has 0 aromatic heterocycles. The number of hydrogen-bond donors (Lipinski definition) is 0. The number of methoxy groups -OCH3 is 3. The molecule has 3 aromatic carbocycles. The Morgan fingerprint density at radius 3 is 2.23 bits per heavy atom. The lowest BCUT2D eigenvalue weighted by Gasteiger charge is -2.38. The Kier molecular flexibility index (Phi) is 6.05. The van der Waals surface area contributed by atoms with Gasteiger partial charge in [-0.2, -0.15) is 0 Å². The second kappa shape index (κ2) is 8.90.